The maximum Gasteiger partial charge on any atom is 0.274 e. The second kappa shape index (κ2) is 17.0. The molecule has 14 heteroatoms. The summed E-state index contributed by atoms with van der Waals surface area (Å²) < 4.78 is 16.4. The number of halogens is 1. The number of H-pyrrole nitrogens is 1. The summed E-state index contributed by atoms with van der Waals surface area (Å²) in [5, 5.41) is 25.5. The van der Waals surface area contributed by atoms with Crippen molar-refractivity contribution in [1.82, 2.24) is 31.2 Å². The zero-order valence-corrected chi connectivity index (χ0v) is 28.1. The first-order valence-electron chi connectivity index (χ1n) is 15.1. The van der Waals surface area contributed by atoms with Gasteiger partial charge in [-0.3, -0.25) is 9.78 Å². The summed E-state index contributed by atoms with van der Waals surface area (Å²) in [4.78, 5) is 22.8. The molecule has 1 atom stereocenters. The number of nitrogens with one attached hydrogen (secondary N) is 5. The van der Waals surface area contributed by atoms with Gasteiger partial charge in [0.15, 0.2) is 11.5 Å². The van der Waals surface area contributed by atoms with Crippen LogP contribution in [0.1, 0.15) is 22.0 Å². The molecule has 0 bridgehead atoms. The van der Waals surface area contributed by atoms with E-state index in [9.17, 15) is 9.90 Å². The van der Waals surface area contributed by atoms with Crippen LogP contribution in [-0.2, 0) is 16.8 Å². The molecule has 0 saturated carbocycles. The van der Waals surface area contributed by atoms with Crippen LogP contribution in [0.15, 0.2) is 36.5 Å². The van der Waals surface area contributed by atoms with E-state index in [1.807, 2.05) is 12.1 Å². The molecule has 2 aromatic carbocycles. The summed E-state index contributed by atoms with van der Waals surface area (Å²) in [5.41, 5.74) is 3.03. The molecular formula is C32H42ClCoN7O5. The number of phenolic OH excluding ortho intramolecular Hbond substituents is 1. The van der Waals surface area contributed by atoms with Crippen molar-refractivity contribution in [2.45, 2.75) is 5.92 Å². The Kier molecular flexibility index (Phi) is 13.2. The van der Waals surface area contributed by atoms with E-state index in [4.69, 9.17) is 25.8 Å². The van der Waals surface area contributed by atoms with Gasteiger partial charge in [-0.05, 0) is 23.8 Å². The number of nitrogens with zero attached hydrogens (tertiary/aromatic N) is 2. The van der Waals surface area contributed by atoms with E-state index < -0.39 is 0 Å². The largest absolute Gasteiger partial charge is 0.506 e. The van der Waals surface area contributed by atoms with Crippen LogP contribution < -0.4 is 40.4 Å². The zero-order valence-electron chi connectivity index (χ0n) is 26.3. The molecule has 0 spiro atoms. The molecule has 251 valence electrons. The van der Waals surface area contributed by atoms with Crippen molar-refractivity contribution >= 4 is 45.0 Å². The van der Waals surface area contributed by atoms with Gasteiger partial charge in [-0.2, -0.15) is 0 Å². The number of hydrogen-bond acceptors (Lipinski definition) is 10. The summed E-state index contributed by atoms with van der Waals surface area (Å²) >= 11 is 6.29. The first-order valence-corrected chi connectivity index (χ1v) is 15.7. The smallest absolute Gasteiger partial charge is 0.274 e. The second-order valence-electron chi connectivity index (χ2n) is 10.8. The number of methoxy groups -OCH3 is 3. The Morgan fingerprint density at radius 3 is 2.09 bits per heavy atom. The number of amides is 1. The van der Waals surface area contributed by atoms with Crippen molar-refractivity contribution in [2.75, 3.05) is 91.0 Å². The SMILES string of the molecule is C1CNCCNCCNCCN1.COc1cc2cc(C(=O)N3CC(CCl)c4c3cc(O)c3ncccc43)[nH]c2c(OC)c1OC.[Co]. The van der Waals surface area contributed by atoms with Gasteiger partial charge < -0.3 is 50.5 Å². The number of anilines is 1. The number of aromatic amines is 1. The molecule has 1 radical (unpaired) electrons. The Morgan fingerprint density at radius 2 is 1.54 bits per heavy atom. The second-order valence-corrected chi connectivity index (χ2v) is 11.1. The van der Waals surface area contributed by atoms with Gasteiger partial charge in [-0.15, -0.1) is 11.6 Å². The molecule has 12 nitrogen and oxygen atoms in total. The van der Waals surface area contributed by atoms with Gasteiger partial charge in [0, 0.05) is 111 Å². The number of fused-ring (bicyclic) bond motifs is 4. The summed E-state index contributed by atoms with van der Waals surface area (Å²) in [6.45, 7) is 8.96. The molecule has 2 aromatic heterocycles. The van der Waals surface area contributed by atoms with Crippen molar-refractivity contribution in [3.63, 3.8) is 0 Å². The van der Waals surface area contributed by atoms with E-state index in [1.165, 1.54) is 14.2 Å². The van der Waals surface area contributed by atoms with Gasteiger partial charge in [0.05, 0.1) is 32.5 Å². The summed E-state index contributed by atoms with van der Waals surface area (Å²) in [6, 6.07) is 8.82. The maximum atomic E-state index is 13.6. The third-order valence-electron chi connectivity index (χ3n) is 7.99. The van der Waals surface area contributed by atoms with Gasteiger partial charge in [0.2, 0.25) is 5.75 Å². The molecule has 46 heavy (non-hydrogen) atoms. The Bertz CT molecular complexity index is 1580. The van der Waals surface area contributed by atoms with Gasteiger partial charge >= 0.3 is 0 Å². The van der Waals surface area contributed by atoms with Crippen molar-refractivity contribution in [1.29, 1.82) is 0 Å². The van der Waals surface area contributed by atoms with E-state index in [0.717, 1.165) is 68.7 Å². The summed E-state index contributed by atoms with van der Waals surface area (Å²) in [7, 11) is 4.60. The Balaban J connectivity index is 0.000000314. The Morgan fingerprint density at radius 1 is 0.935 bits per heavy atom. The van der Waals surface area contributed by atoms with Crippen LogP contribution in [-0.4, -0.2) is 107 Å². The van der Waals surface area contributed by atoms with Gasteiger partial charge in [-0.1, -0.05) is 6.07 Å². The van der Waals surface area contributed by atoms with Gasteiger partial charge in [0.25, 0.3) is 5.91 Å². The fraction of sp³-hybridized carbons (Fsp3) is 0.438. The number of aromatic hydroxyl groups is 1. The zero-order chi connectivity index (χ0) is 31.8. The van der Waals surface area contributed by atoms with Gasteiger partial charge in [0.1, 0.15) is 17.0 Å². The predicted octanol–water partition coefficient (Wildman–Crippen LogP) is 2.79. The van der Waals surface area contributed by atoms with E-state index in [1.54, 1.807) is 36.4 Å². The number of hydrogen-bond donors (Lipinski definition) is 6. The van der Waals surface area contributed by atoms with Gasteiger partial charge in [-0.25, -0.2) is 0 Å². The molecule has 1 saturated heterocycles. The number of phenols is 1. The predicted molar refractivity (Wildman–Crippen MR) is 178 cm³/mol. The number of aromatic nitrogens is 2. The molecule has 0 aliphatic carbocycles. The number of pyridine rings is 1. The summed E-state index contributed by atoms with van der Waals surface area (Å²) in [6.07, 6.45) is 1.63. The van der Waals surface area contributed by atoms with Crippen molar-refractivity contribution in [3.8, 4) is 23.0 Å². The molecule has 6 rings (SSSR count). The first kappa shape index (κ1) is 35.5. The van der Waals surface area contributed by atoms with E-state index in [2.05, 4.69) is 31.2 Å². The molecule has 2 aliphatic rings. The van der Waals surface area contributed by atoms with Crippen LogP contribution in [0.2, 0.25) is 0 Å². The Labute approximate surface area is 284 Å². The van der Waals surface area contributed by atoms with Crippen LogP contribution in [0.4, 0.5) is 5.69 Å². The topological polar surface area (TPSA) is 145 Å². The third kappa shape index (κ3) is 7.63. The van der Waals surface area contributed by atoms with Crippen LogP contribution in [0.3, 0.4) is 0 Å². The monoisotopic (exact) mass is 698 g/mol. The maximum absolute atomic E-state index is 13.6. The van der Waals surface area contributed by atoms with Crippen LogP contribution in [0.25, 0.3) is 21.8 Å². The van der Waals surface area contributed by atoms with Crippen molar-refractivity contribution < 1.29 is 40.9 Å². The molecule has 1 amide bonds. The number of carbonyl (C=O) groups excluding carboxylic acids is 1. The van der Waals surface area contributed by atoms with E-state index >= 15 is 0 Å². The minimum absolute atomic E-state index is 0. The minimum atomic E-state index is -0.248. The van der Waals surface area contributed by atoms with Crippen LogP contribution in [0, 0.1) is 0 Å². The molecule has 1 unspecified atom stereocenters. The summed E-state index contributed by atoms with van der Waals surface area (Å²) in [5.74, 6) is 1.40. The quantitative estimate of drug-likeness (QED) is 0.172. The van der Waals surface area contributed by atoms with E-state index in [-0.39, 0.29) is 34.4 Å². The molecule has 4 heterocycles. The number of rotatable bonds is 5. The number of ether oxygens (including phenoxy) is 3. The average Bonchev–Trinajstić information content (AvgIpc) is 3.66. The minimum Gasteiger partial charge on any atom is -0.506 e. The number of benzene rings is 2. The van der Waals surface area contributed by atoms with Crippen LogP contribution in [0.5, 0.6) is 23.0 Å². The van der Waals surface area contributed by atoms with Crippen molar-refractivity contribution in [3.05, 3.63) is 47.8 Å². The number of alkyl halides is 1. The van der Waals surface area contributed by atoms with E-state index in [0.29, 0.717) is 52.1 Å². The molecular weight excluding hydrogens is 657 g/mol. The molecule has 6 N–H and O–H groups in total. The first-order chi connectivity index (χ1) is 22.0. The van der Waals surface area contributed by atoms with Crippen LogP contribution >= 0.6 is 11.6 Å². The fourth-order valence-electron chi connectivity index (χ4n) is 5.83. The fourth-order valence-corrected chi connectivity index (χ4v) is 6.08. The van der Waals surface area contributed by atoms with Crippen molar-refractivity contribution in [2.24, 2.45) is 0 Å². The number of carbonyl (C=O) groups is 1. The molecule has 2 aliphatic heterocycles. The normalized spacial score (nSPS) is 17.1. The molecule has 1 fully saturated rings. The average molecular weight is 699 g/mol. The standard InChI is InChI=1S/C24H22ClN3O5.C8H20N4.Co/c1-31-18-8-12-7-15(27-20(12)23(33-3)22(18)32-2)24(30)28-11-13(10-25)19-14-5-4-6-26-21(14)17(29)9-16(19)28;1-2-10-5-6-12-8-7-11-4-3-9-1;/h4-9,13,27,29H,10-11H2,1-3H3;9-12H,1-8H2;. The third-order valence-corrected chi connectivity index (χ3v) is 8.36. The Hall–Kier alpha value is -3.30. The molecule has 4 aromatic rings.